The largest absolute Gasteiger partial charge is 0.326 e. The summed E-state index contributed by atoms with van der Waals surface area (Å²) in [5.41, 5.74) is 1.85. The molecule has 1 saturated heterocycles. The molecule has 0 saturated carbocycles. The molecule has 29 heavy (non-hydrogen) atoms. The number of nitrogens with zero attached hydrogens (tertiary/aromatic N) is 2. The second-order valence-corrected chi connectivity index (χ2v) is 7.66. The summed E-state index contributed by atoms with van der Waals surface area (Å²) in [6, 6.07) is 11.6. The van der Waals surface area contributed by atoms with E-state index in [0.29, 0.717) is 41.3 Å². The van der Waals surface area contributed by atoms with Crippen LogP contribution in [0.2, 0.25) is 5.02 Å². The lowest BCUT2D eigenvalue weighted by Gasteiger charge is -2.34. The van der Waals surface area contributed by atoms with Crippen LogP contribution in [0.5, 0.6) is 0 Å². The van der Waals surface area contributed by atoms with Crippen LogP contribution in [0.25, 0.3) is 0 Å². The molecule has 0 aliphatic carbocycles. The summed E-state index contributed by atoms with van der Waals surface area (Å²) < 4.78 is 13.9. The van der Waals surface area contributed by atoms with Gasteiger partial charge in [-0.3, -0.25) is 14.5 Å². The van der Waals surface area contributed by atoms with E-state index in [4.69, 9.17) is 11.6 Å². The monoisotopic (exact) mass is 417 g/mol. The number of halogens is 2. The van der Waals surface area contributed by atoms with Crippen LogP contribution in [-0.2, 0) is 11.3 Å². The standard InChI is InChI=1S/C22H25ClFN3O2/c1-16(28)17-5-7-18(8-6-17)25-22(29)9-10-26-11-13-27(14-12-26)15-19-20(23)3-2-4-21(19)24/h2-8H,9-15H2,1H3,(H,25,29). The summed E-state index contributed by atoms with van der Waals surface area (Å²) >= 11 is 6.11. The quantitative estimate of drug-likeness (QED) is 0.696. The second kappa shape index (κ2) is 9.96. The highest BCUT2D eigenvalue weighted by Gasteiger charge is 2.19. The van der Waals surface area contributed by atoms with E-state index in [1.165, 1.54) is 13.0 Å². The molecule has 0 aromatic heterocycles. The van der Waals surface area contributed by atoms with E-state index in [1.54, 1.807) is 36.4 Å². The van der Waals surface area contributed by atoms with Gasteiger partial charge in [0, 0.05) is 67.5 Å². The van der Waals surface area contributed by atoms with Gasteiger partial charge < -0.3 is 10.2 Å². The van der Waals surface area contributed by atoms with E-state index in [1.807, 2.05) is 0 Å². The van der Waals surface area contributed by atoms with E-state index in [2.05, 4.69) is 15.1 Å². The van der Waals surface area contributed by atoms with Crippen molar-refractivity contribution in [2.75, 3.05) is 38.0 Å². The number of hydrogen-bond acceptors (Lipinski definition) is 4. The van der Waals surface area contributed by atoms with Crippen molar-refractivity contribution in [3.63, 3.8) is 0 Å². The van der Waals surface area contributed by atoms with Gasteiger partial charge >= 0.3 is 0 Å². The zero-order valence-electron chi connectivity index (χ0n) is 16.5. The molecule has 0 spiro atoms. The maximum Gasteiger partial charge on any atom is 0.225 e. The molecule has 1 aliphatic rings. The van der Waals surface area contributed by atoms with Gasteiger partial charge in [0.25, 0.3) is 0 Å². The minimum atomic E-state index is -0.270. The smallest absolute Gasteiger partial charge is 0.225 e. The molecule has 154 valence electrons. The number of carbonyl (C=O) groups excluding carboxylic acids is 2. The van der Waals surface area contributed by atoms with Crippen LogP contribution in [0.1, 0.15) is 29.3 Å². The number of nitrogens with one attached hydrogen (secondary N) is 1. The highest BCUT2D eigenvalue weighted by Crippen LogP contribution is 2.21. The Labute approximate surface area is 175 Å². The van der Waals surface area contributed by atoms with Crippen LogP contribution in [0.4, 0.5) is 10.1 Å². The van der Waals surface area contributed by atoms with Crippen LogP contribution in [-0.4, -0.2) is 54.2 Å². The molecule has 0 bridgehead atoms. The van der Waals surface area contributed by atoms with E-state index in [0.717, 1.165) is 26.2 Å². The molecular formula is C22H25ClFN3O2. The van der Waals surface area contributed by atoms with Gasteiger partial charge in [0.15, 0.2) is 5.78 Å². The lowest BCUT2D eigenvalue weighted by molar-refractivity contribution is -0.116. The molecule has 2 aromatic carbocycles. The Kier molecular flexibility index (Phi) is 7.36. The molecule has 3 rings (SSSR count). The van der Waals surface area contributed by atoms with E-state index in [-0.39, 0.29) is 17.5 Å². The summed E-state index contributed by atoms with van der Waals surface area (Å²) in [5, 5.41) is 3.32. The zero-order chi connectivity index (χ0) is 20.8. The van der Waals surface area contributed by atoms with Crippen LogP contribution >= 0.6 is 11.6 Å². The Hall–Kier alpha value is -2.28. The average molecular weight is 418 g/mol. The number of ketones is 1. The predicted molar refractivity (Wildman–Crippen MR) is 113 cm³/mol. The number of carbonyl (C=O) groups is 2. The topological polar surface area (TPSA) is 52.7 Å². The highest BCUT2D eigenvalue weighted by molar-refractivity contribution is 6.31. The Bertz CT molecular complexity index is 845. The van der Waals surface area contributed by atoms with Gasteiger partial charge in [-0.15, -0.1) is 0 Å². The fourth-order valence-electron chi connectivity index (χ4n) is 3.35. The zero-order valence-corrected chi connectivity index (χ0v) is 17.2. The molecule has 0 atom stereocenters. The first-order chi connectivity index (χ1) is 13.9. The summed E-state index contributed by atoms with van der Waals surface area (Å²) in [5.74, 6) is -0.326. The maximum absolute atomic E-state index is 13.9. The second-order valence-electron chi connectivity index (χ2n) is 7.25. The minimum Gasteiger partial charge on any atom is -0.326 e. The highest BCUT2D eigenvalue weighted by atomic mass is 35.5. The van der Waals surface area contributed by atoms with Crippen molar-refractivity contribution < 1.29 is 14.0 Å². The van der Waals surface area contributed by atoms with Gasteiger partial charge in [-0.25, -0.2) is 4.39 Å². The fourth-order valence-corrected chi connectivity index (χ4v) is 3.57. The molecule has 1 amide bonds. The molecule has 0 radical (unpaired) electrons. The molecule has 5 nitrogen and oxygen atoms in total. The van der Waals surface area contributed by atoms with Crippen molar-refractivity contribution in [1.82, 2.24) is 9.80 Å². The van der Waals surface area contributed by atoms with Crippen LogP contribution in [0.3, 0.4) is 0 Å². The first-order valence-corrected chi connectivity index (χ1v) is 10.1. The third kappa shape index (κ3) is 6.10. The van der Waals surface area contributed by atoms with Crippen LogP contribution in [0, 0.1) is 5.82 Å². The number of Topliss-reactive ketones (excluding diaryl/α,β-unsaturated/α-hetero) is 1. The van der Waals surface area contributed by atoms with Gasteiger partial charge in [0.1, 0.15) is 5.82 Å². The normalized spacial score (nSPS) is 15.3. The molecule has 1 fully saturated rings. The molecule has 1 heterocycles. The third-order valence-electron chi connectivity index (χ3n) is 5.14. The SMILES string of the molecule is CC(=O)c1ccc(NC(=O)CCN2CCN(Cc3c(F)cccc3Cl)CC2)cc1. The first-order valence-electron chi connectivity index (χ1n) is 9.71. The van der Waals surface area contributed by atoms with Gasteiger partial charge in [-0.1, -0.05) is 17.7 Å². The van der Waals surface area contributed by atoms with Crippen molar-refractivity contribution in [2.24, 2.45) is 0 Å². The van der Waals surface area contributed by atoms with E-state index in [9.17, 15) is 14.0 Å². The summed E-state index contributed by atoms with van der Waals surface area (Å²) in [7, 11) is 0. The summed E-state index contributed by atoms with van der Waals surface area (Å²) in [4.78, 5) is 27.9. The number of amides is 1. The van der Waals surface area contributed by atoms with Crippen molar-refractivity contribution in [1.29, 1.82) is 0 Å². The third-order valence-corrected chi connectivity index (χ3v) is 5.49. The van der Waals surface area contributed by atoms with Crippen molar-refractivity contribution in [3.8, 4) is 0 Å². The molecule has 2 aromatic rings. The Morgan fingerprint density at radius 3 is 2.31 bits per heavy atom. The minimum absolute atomic E-state index is 0.000655. The fraction of sp³-hybridized carbons (Fsp3) is 0.364. The Morgan fingerprint density at radius 1 is 1.03 bits per heavy atom. The van der Waals surface area contributed by atoms with Gasteiger partial charge in [0.05, 0.1) is 0 Å². The number of rotatable bonds is 7. The maximum atomic E-state index is 13.9. The van der Waals surface area contributed by atoms with Crippen LogP contribution in [0.15, 0.2) is 42.5 Å². The molecule has 0 unspecified atom stereocenters. The molecule has 1 N–H and O–H groups in total. The van der Waals surface area contributed by atoms with Gasteiger partial charge in [0.2, 0.25) is 5.91 Å². The Balaban J connectivity index is 1.40. The molecule has 7 heteroatoms. The lowest BCUT2D eigenvalue weighted by atomic mass is 10.1. The van der Waals surface area contributed by atoms with Gasteiger partial charge in [-0.2, -0.15) is 0 Å². The summed E-state index contributed by atoms with van der Waals surface area (Å²) in [6.45, 7) is 5.94. The summed E-state index contributed by atoms with van der Waals surface area (Å²) in [6.07, 6.45) is 0.396. The van der Waals surface area contributed by atoms with Crippen molar-refractivity contribution >= 4 is 29.0 Å². The number of hydrogen-bond donors (Lipinski definition) is 1. The molecule has 1 aliphatic heterocycles. The lowest BCUT2D eigenvalue weighted by Crippen LogP contribution is -2.46. The van der Waals surface area contributed by atoms with Crippen LogP contribution < -0.4 is 5.32 Å². The number of benzene rings is 2. The first kappa shape index (κ1) is 21.4. The van der Waals surface area contributed by atoms with Gasteiger partial charge in [-0.05, 0) is 43.3 Å². The molecular weight excluding hydrogens is 393 g/mol. The predicted octanol–water partition coefficient (Wildman–Crippen LogP) is 3.83. The van der Waals surface area contributed by atoms with Crippen molar-refractivity contribution in [3.05, 3.63) is 64.4 Å². The van der Waals surface area contributed by atoms with E-state index >= 15 is 0 Å². The number of piperazine rings is 1. The Morgan fingerprint density at radius 2 is 1.69 bits per heavy atom. The van der Waals surface area contributed by atoms with Crippen molar-refractivity contribution in [2.45, 2.75) is 19.9 Å². The van der Waals surface area contributed by atoms with E-state index < -0.39 is 0 Å². The average Bonchev–Trinajstić information content (AvgIpc) is 2.70. The number of anilines is 1.